The van der Waals surface area contributed by atoms with Crippen LogP contribution in [0.3, 0.4) is 0 Å². The number of anilines is 1. The van der Waals surface area contributed by atoms with Crippen molar-refractivity contribution in [1.82, 2.24) is 30.3 Å². The molecule has 2 aliphatic rings. The fraction of sp³-hybridized carbons (Fsp3) is 0.292. The first-order chi connectivity index (χ1) is 15.6. The van der Waals surface area contributed by atoms with Gasteiger partial charge in [0.25, 0.3) is 0 Å². The molecule has 2 unspecified atom stereocenters. The lowest BCUT2D eigenvalue weighted by Gasteiger charge is -2.28. The molecule has 32 heavy (non-hydrogen) atoms. The van der Waals surface area contributed by atoms with E-state index in [1.807, 2.05) is 43.7 Å². The van der Waals surface area contributed by atoms with Crippen molar-refractivity contribution >= 4 is 22.5 Å². The summed E-state index contributed by atoms with van der Waals surface area (Å²) in [7, 11) is 1.90. The molecule has 4 aromatic rings. The minimum Gasteiger partial charge on any atom is -0.351 e. The van der Waals surface area contributed by atoms with Crippen LogP contribution in [0.1, 0.15) is 22.5 Å². The molecule has 0 spiro atoms. The number of fused-ring (bicyclic) bond motifs is 3. The van der Waals surface area contributed by atoms with Crippen LogP contribution >= 0.6 is 0 Å². The summed E-state index contributed by atoms with van der Waals surface area (Å²) in [6.45, 7) is 1.93. The third-order valence-electron chi connectivity index (χ3n) is 6.43. The van der Waals surface area contributed by atoms with Crippen LogP contribution in [0.4, 0.5) is 5.82 Å². The van der Waals surface area contributed by atoms with Gasteiger partial charge in [-0.3, -0.25) is 9.48 Å². The fourth-order valence-corrected chi connectivity index (χ4v) is 4.78. The number of Topliss-reactive ketones (excluding diaryl/α,β-unsaturated/α-hetero) is 1. The number of benzene rings is 1. The zero-order valence-corrected chi connectivity index (χ0v) is 17.8. The fourth-order valence-electron chi connectivity index (χ4n) is 4.78. The van der Waals surface area contributed by atoms with Crippen molar-refractivity contribution in [3.8, 4) is 11.1 Å². The molecule has 3 aromatic heterocycles. The van der Waals surface area contributed by atoms with Crippen molar-refractivity contribution in [1.29, 1.82) is 0 Å². The predicted octanol–water partition coefficient (Wildman–Crippen LogP) is 2.40. The highest BCUT2D eigenvalue weighted by atomic mass is 16.1. The van der Waals surface area contributed by atoms with Crippen LogP contribution in [0, 0.1) is 0 Å². The molecule has 160 valence electrons. The minimum absolute atomic E-state index is 0.0215. The van der Waals surface area contributed by atoms with Crippen LogP contribution in [-0.2, 0) is 13.5 Å². The molecule has 0 saturated carbocycles. The number of aryl methyl sites for hydroxylation is 1. The Balaban J connectivity index is 1.24. The lowest BCUT2D eigenvalue weighted by atomic mass is 10.0. The highest BCUT2D eigenvalue weighted by Crippen LogP contribution is 2.28. The van der Waals surface area contributed by atoms with Gasteiger partial charge in [-0.15, -0.1) is 0 Å². The van der Waals surface area contributed by atoms with Gasteiger partial charge < -0.3 is 10.2 Å². The second kappa shape index (κ2) is 7.49. The quantitative estimate of drug-likeness (QED) is 0.491. The molecule has 2 saturated heterocycles. The highest BCUT2D eigenvalue weighted by molar-refractivity contribution is 5.98. The zero-order valence-electron chi connectivity index (χ0n) is 17.8. The number of hydrogen-bond acceptors (Lipinski definition) is 7. The van der Waals surface area contributed by atoms with Crippen LogP contribution in [-0.4, -0.2) is 55.9 Å². The average Bonchev–Trinajstić information content (AvgIpc) is 3.56. The molecule has 2 fully saturated rings. The number of nitrogens with zero attached hydrogens (tertiary/aromatic N) is 6. The van der Waals surface area contributed by atoms with Crippen LogP contribution in [0.15, 0.2) is 55.0 Å². The third kappa shape index (κ3) is 3.42. The average molecular weight is 425 g/mol. The first-order valence-corrected chi connectivity index (χ1v) is 10.9. The second-order valence-electron chi connectivity index (χ2n) is 8.66. The number of rotatable bonds is 5. The number of hydrogen-bond donors (Lipinski definition) is 1. The van der Waals surface area contributed by atoms with E-state index < -0.39 is 0 Å². The van der Waals surface area contributed by atoms with E-state index >= 15 is 0 Å². The minimum atomic E-state index is 0.0215. The molecule has 0 aliphatic carbocycles. The maximum Gasteiger partial charge on any atom is 0.169 e. The van der Waals surface area contributed by atoms with Crippen molar-refractivity contribution in [2.75, 3.05) is 18.0 Å². The predicted molar refractivity (Wildman–Crippen MR) is 122 cm³/mol. The summed E-state index contributed by atoms with van der Waals surface area (Å²) >= 11 is 0. The largest absolute Gasteiger partial charge is 0.351 e. The summed E-state index contributed by atoms with van der Waals surface area (Å²) in [6, 6.07) is 12.7. The number of nitrogens with one attached hydrogen (secondary N) is 1. The number of ketones is 1. The van der Waals surface area contributed by atoms with Gasteiger partial charge in [-0.2, -0.15) is 15.3 Å². The van der Waals surface area contributed by atoms with E-state index in [0.29, 0.717) is 23.3 Å². The molecular weight excluding hydrogens is 402 g/mol. The van der Waals surface area contributed by atoms with Gasteiger partial charge in [-0.1, -0.05) is 6.07 Å². The first-order valence-electron chi connectivity index (χ1n) is 10.9. The smallest absolute Gasteiger partial charge is 0.169 e. The first kappa shape index (κ1) is 19.1. The molecule has 0 radical (unpaired) electrons. The summed E-state index contributed by atoms with van der Waals surface area (Å²) in [5.41, 5.74) is 4.23. The monoisotopic (exact) mass is 425 g/mol. The summed E-state index contributed by atoms with van der Waals surface area (Å²) in [5.74, 6) is 0.906. The van der Waals surface area contributed by atoms with Crippen LogP contribution < -0.4 is 10.2 Å². The van der Waals surface area contributed by atoms with Crippen molar-refractivity contribution in [3.05, 3.63) is 66.2 Å². The molecule has 6 rings (SSSR count). The number of piperazine rings is 1. The van der Waals surface area contributed by atoms with Gasteiger partial charge in [-0.05, 0) is 42.3 Å². The topological polar surface area (TPSA) is 88.8 Å². The maximum absolute atomic E-state index is 13.0. The van der Waals surface area contributed by atoms with Crippen LogP contribution in [0.2, 0.25) is 0 Å². The lowest BCUT2D eigenvalue weighted by molar-refractivity contribution is 0.0991. The van der Waals surface area contributed by atoms with Gasteiger partial charge in [0.15, 0.2) is 5.78 Å². The molecule has 2 atom stereocenters. The SMILES string of the molecule is Cn1cc(-c2ccc3nnc(CC(=O)c4ccnc(N5CC6CC5CN6)c4)cc3c2)cn1. The van der Waals surface area contributed by atoms with Gasteiger partial charge in [0, 0.05) is 61.1 Å². The van der Waals surface area contributed by atoms with E-state index in [4.69, 9.17) is 0 Å². The third-order valence-corrected chi connectivity index (χ3v) is 6.43. The van der Waals surface area contributed by atoms with Crippen molar-refractivity contribution in [2.45, 2.75) is 24.9 Å². The van der Waals surface area contributed by atoms with Crippen molar-refractivity contribution in [3.63, 3.8) is 0 Å². The number of carbonyl (C=O) groups is 1. The molecule has 5 heterocycles. The van der Waals surface area contributed by atoms with Crippen molar-refractivity contribution < 1.29 is 4.79 Å². The molecular formula is C24H23N7O. The Morgan fingerprint density at radius 1 is 1.16 bits per heavy atom. The summed E-state index contributed by atoms with van der Waals surface area (Å²) < 4.78 is 1.78. The van der Waals surface area contributed by atoms with E-state index in [2.05, 4.69) is 36.6 Å². The summed E-state index contributed by atoms with van der Waals surface area (Å²) in [4.78, 5) is 19.9. The molecule has 8 heteroatoms. The van der Waals surface area contributed by atoms with E-state index in [1.165, 1.54) is 0 Å². The summed E-state index contributed by atoms with van der Waals surface area (Å²) in [5, 5.41) is 17.3. The highest BCUT2D eigenvalue weighted by Gasteiger charge is 2.38. The van der Waals surface area contributed by atoms with Gasteiger partial charge in [-0.25, -0.2) is 4.98 Å². The van der Waals surface area contributed by atoms with Gasteiger partial charge in [0.05, 0.1) is 23.8 Å². The van der Waals surface area contributed by atoms with E-state index in [0.717, 1.165) is 47.4 Å². The zero-order chi connectivity index (χ0) is 21.7. The lowest BCUT2D eigenvalue weighted by Crippen LogP contribution is -2.44. The Morgan fingerprint density at radius 3 is 2.88 bits per heavy atom. The maximum atomic E-state index is 13.0. The van der Waals surface area contributed by atoms with Crippen LogP contribution in [0.5, 0.6) is 0 Å². The summed E-state index contributed by atoms with van der Waals surface area (Å²) in [6.07, 6.45) is 6.89. The number of pyridine rings is 1. The van der Waals surface area contributed by atoms with E-state index in [1.54, 1.807) is 16.9 Å². The molecule has 1 aromatic carbocycles. The molecule has 0 amide bonds. The van der Waals surface area contributed by atoms with E-state index in [9.17, 15) is 4.79 Å². The Kier molecular flexibility index (Phi) is 4.46. The standard InChI is InChI=1S/C24H23N7O/c1-30-13-18(11-27-30)15-2-3-22-17(6-15)7-19(28-29-22)10-23(32)16-4-5-25-24(8-16)31-14-20-9-21(31)12-26-20/h2-8,11,13,20-21,26H,9-10,12,14H2,1H3. The molecule has 2 bridgehead atoms. The Labute approximate surface area is 185 Å². The van der Waals surface area contributed by atoms with E-state index in [-0.39, 0.29) is 12.2 Å². The second-order valence-corrected chi connectivity index (χ2v) is 8.66. The Morgan fingerprint density at radius 2 is 2.09 bits per heavy atom. The Bertz CT molecular complexity index is 1330. The van der Waals surface area contributed by atoms with Gasteiger partial charge in [0.1, 0.15) is 5.82 Å². The molecule has 1 N–H and O–H groups in total. The normalized spacial score (nSPS) is 19.7. The number of carbonyl (C=O) groups excluding carboxylic acids is 1. The molecule has 2 aliphatic heterocycles. The van der Waals surface area contributed by atoms with Gasteiger partial charge in [0.2, 0.25) is 0 Å². The Hall–Kier alpha value is -3.65. The van der Waals surface area contributed by atoms with Crippen molar-refractivity contribution in [2.24, 2.45) is 7.05 Å². The van der Waals surface area contributed by atoms with Gasteiger partial charge >= 0.3 is 0 Å². The molecule has 8 nitrogen and oxygen atoms in total. The number of aromatic nitrogens is 5. The van der Waals surface area contributed by atoms with Crippen LogP contribution in [0.25, 0.3) is 22.0 Å².